The number of thioether (sulfide) groups is 1. The van der Waals surface area contributed by atoms with E-state index in [1.807, 2.05) is 11.8 Å². The maximum atomic E-state index is 5.34. The van der Waals surface area contributed by atoms with Gasteiger partial charge >= 0.3 is 0 Å². The molecule has 0 atom stereocenters. The predicted octanol–water partition coefficient (Wildman–Crippen LogP) is 2.18. The maximum absolute atomic E-state index is 5.34. The Morgan fingerprint density at radius 3 is 2.06 bits per heavy atom. The fourth-order valence-electron chi connectivity index (χ4n) is 1.60. The van der Waals surface area contributed by atoms with E-state index in [4.69, 9.17) is 18.9 Å². The molecule has 0 unspecified atom stereocenters. The van der Waals surface area contributed by atoms with Gasteiger partial charge < -0.3 is 18.9 Å². The molecule has 6 heteroatoms. The summed E-state index contributed by atoms with van der Waals surface area (Å²) < 4.78 is 20.9. The van der Waals surface area contributed by atoms with Crippen LogP contribution in [0.3, 0.4) is 0 Å². The fourth-order valence-corrected chi connectivity index (χ4v) is 2.24. The zero-order valence-electron chi connectivity index (χ0n) is 11.0. The van der Waals surface area contributed by atoms with Crippen LogP contribution in [0.4, 0.5) is 0 Å². The fraction of sp³-hybridized carbons (Fsp3) is 1.00. The van der Waals surface area contributed by atoms with Crippen molar-refractivity contribution in [1.29, 1.82) is 0 Å². The largest absolute Gasteiger partial charge is 0.353 e. The SMILES string of the molecule is CSCCC1OCCCO1.SCCC1OCCO1. The van der Waals surface area contributed by atoms with E-state index in [9.17, 15) is 0 Å². The minimum absolute atomic E-state index is 0.0347. The summed E-state index contributed by atoms with van der Waals surface area (Å²) in [7, 11) is 0. The lowest BCUT2D eigenvalue weighted by atomic mass is 10.4. The Labute approximate surface area is 119 Å². The van der Waals surface area contributed by atoms with E-state index >= 15 is 0 Å². The summed E-state index contributed by atoms with van der Waals surface area (Å²) in [6, 6.07) is 0. The molecule has 0 N–H and O–H groups in total. The van der Waals surface area contributed by atoms with Crippen LogP contribution >= 0.6 is 24.4 Å². The molecule has 0 saturated carbocycles. The smallest absolute Gasteiger partial charge is 0.158 e. The van der Waals surface area contributed by atoms with Crippen LogP contribution in [0, 0.1) is 0 Å². The van der Waals surface area contributed by atoms with Crippen molar-refractivity contribution in [3.05, 3.63) is 0 Å². The van der Waals surface area contributed by atoms with Gasteiger partial charge in [0.1, 0.15) is 0 Å². The van der Waals surface area contributed by atoms with Gasteiger partial charge in [0.2, 0.25) is 0 Å². The van der Waals surface area contributed by atoms with Gasteiger partial charge in [0.05, 0.1) is 26.4 Å². The summed E-state index contributed by atoms with van der Waals surface area (Å²) >= 11 is 5.87. The normalized spacial score (nSPS) is 21.7. The molecular formula is C12H24O4S2. The van der Waals surface area contributed by atoms with Gasteiger partial charge in [-0.1, -0.05) is 0 Å². The summed E-state index contributed by atoms with van der Waals surface area (Å²) in [4.78, 5) is 0. The first kappa shape index (κ1) is 16.6. The molecule has 0 spiro atoms. The summed E-state index contributed by atoms with van der Waals surface area (Å²) in [6.07, 6.45) is 5.21. The number of rotatable bonds is 5. The average molecular weight is 296 g/mol. The van der Waals surface area contributed by atoms with Crippen molar-refractivity contribution in [3.63, 3.8) is 0 Å². The molecular weight excluding hydrogens is 272 g/mol. The van der Waals surface area contributed by atoms with Crippen LogP contribution in [0.15, 0.2) is 0 Å². The van der Waals surface area contributed by atoms with Crippen LogP contribution in [-0.4, -0.2) is 56.8 Å². The quantitative estimate of drug-likeness (QED) is 0.787. The van der Waals surface area contributed by atoms with E-state index in [1.165, 1.54) is 0 Å². The Bertz CT molecular complexity index is 183. The lowest BCUT2D eigenvalue weighted by Crippen LogP contribution is -2.25. The second-order valence-electron chi connectivity index (χ2n) is 3.99. The van der Waals surface area contributed by atoms with Crippen molar-refractivity contribution in [2.24, 2.45) is 0 Å². The first-order valence-electron chi connectivity index (χ1n) is 6.43. The van der Waals surface area contributed by atoms with Crippen LogP contribution in [0.5, 0.6) is 0 Å². The van der Waals surface area contributed by atoms with Gasteiger partial charge in [0, 0.05) is 12.8 Å². The van der Waals surface area contributed by atoms with Crippen molar-refractivity contribution in [2.75, 3.05) is 44.2 Å². The van der Waals surface area contributed by atoms with E-state index in [2.05, 4.69) is 18.9 Å². The van der Waals surface area contributed by atoms with Gasteiger partial charge in [0.25, 0.3) is 0 Å². The summed E-state index contributed by atoms with van der Waals surface area (Å²) in [5, 5.41) is 0. The highest BCUT2D eigenvalue weighted by Crippen LogP contribution is 2.10. The van der Waals surface area contributed by atoms with Gasteiger partial charge in [0.15, 0.2) is 12.6 Å². The van der Waals surface area contributed by atoms with E-state index in [1.54, 1.807) is 0 Å². The van der Waals surface area contributed by atoms with E-state index in [0.29, 0.717) is 0 Å². The van der Waals surface area contributed by atoms with Crippen LogP contribution in [0.2, 0.25) is 0 Å². The van der Waals surface area contributed by atoms with Gasteiger partial charge in [-0.05, 0) is 24.2 Å². The van der Waals surface area contributed by atoms with Gasteiger partial charge in [-0.15, -0.1) is 0 Å². The van der Waals surface area contributed by atoms with Crippen molar-refractivity contribution in [2.45, 2.75) is 31.8 Å². The van der Waals surface area contributed by atoms with Gasteiger partial charge in [-0.3, -0.25) is 0 Å². The number of thiol groups is 1. The molecule has 0 aromatic heterocycles. The lowest BCUT2D eigenvalue weighted by Gasteiger charge is -2.22. The van der Waals surface area contributed by atoms with E-state index in [-0.39, 0.29) is 12.6 Å². The van der Waals surface area contributed by atoms with E-state index < -0.39 is 0 Å². The van der Waals surface area contributed by atoms with Crippen molar-refractivity contribution in [3.8, 4) is 0 Å². The van der Waals surface area contributed by atoms with Crippen molar-refractivity contribution < 1.29 is 18.9 Å². The predicted molar refractivity (Wildman–Crippen MR) is 77.5 cm³/mol. The first-order valence-corrected chi connectivity index (χ1v) is 8.45. The maximum Gasteiger partial charge on any atom is 0.158 e. The monoisotopic (exact) mass is 296 g/mol. The average Bonchev–Trinajstić information content (AvgIpc) is 2.92. The molecule has 2 aliphatic rings. The standard InChI is InChI=1S/C7H14O2S.C5H10O2S/c1-10-6-3-7-8-4-2-5-9-7;8-4-1-5-6-2-3-7-5/h7H,2-6H2,1H3;5,8H,1-4H2. The molecule has 0 aliphatic carbocycles. The minimum atomic E-state index is 0.0347. The summed E-state index contributed by atoms with van der Waals surface area (Å²) in [6.45, 7) is 3.25. The molecule has 0 bridgehead atoms. The van der Waals surface area contributed by atoms with Crippen LogP contribution < -0.4 is 0 Å². The second kappa shape index (κ2) is 11.4. The minimum Gasteiger partial charge on any atom is -0.353 e. The van der Waals surface area contributed by atoms with Crippen molar-refractivity contribution >= 4 is 24.4 Å². The Hall–Kier alpha value is 0.540. The zero-order chi connectivity index (χ0) is 13.1. The molecule has 2 aliphatic heterocycles. The molecule has 2 saturated heterocycles. The van der Waals surface area contributed by atoms with Crippen molar-refractivity contribution in [1.82, 2.24) is 0 Å². The second-order valence-corrected chi connectivity index (χ2v) is 5.42. The Morgan fingerprint density at radius 2 is 1.50 bits per heavy atom. The molecule has 2 rings (SSSR count). The molecule has 108 valence electrons. The molecule has 0 aromatic carbocycles. The van der Waals surface area contributed by atoms with Gasteiger partial charge in [-0.25, -0.2) is 0 Å². The first-order chi connectivity index (χ1) is 8.86. The molecule has 2 heterocycles. The van der Waals surface area contributed by atoms with Crippen LogP contribution in [-0.2, 0) is 18.9 Å². The molecule has 0 amide bonds. The third kappa shape index (κ3) is 7.86. The van der Waals surface area contributed by atoms with Crippen LogP contribution in [0.1, 0.15) is 19.3 Å². The highest BCUT2D eigenvalue weighted by Gasteiger charge is 2.13. The van der Waals surface area contributed by atoms with Crippen LogP contribution in [0.25, 0.3) is 0 Å². The molecule has 0 aromatic rings. The topological polar surface area (TPSA) is 36.9 Å². The lowest BCUT2D eigenvalue weighted by molar-refractivity contribution is -0.178. The highest BCUT2D eigenvalue weighted by molar-refractivity contribution is 7.98. The highest BCUT2D eigenvalue weighted by atomic mass is 32.2. The summed E-state index contributed by atoms with van der Waals surface area (Å²) in [5.74, 6) is 1.97. The van der Waals surface area contributed by atoms with E-state index in [0.717, 1.165) is 57.2 Å². The third-order valence-corrected chi connectivity index (χ3v) is 3.41. The molecule has 4 nitrogen and oxygen atoms in total. The Kier molecular flexibility index (Phi) is 10.5. The number of ether oxygens (including phenoxy) is 4. The number of hydrogen-bond donors (Lipinski definition) is 1. The number of hydrogen-bond acceptors (Lipinski definition) is 6. The summed E-state index contributed by atoms with van der Waals surface area (Å²) in [5.41, 5.74) is 0. The molecule has 18 heavy (non-hydrogen) atoms. The molecule has 0 radical (unpaired) electrons. The molecule has 2 fully saturated rings. The Morgan fingerprint density at radius 1 is 0.944 bits per heavy atom. The third-order valence-electron chi connectivity index (χ3n) is 2.51. The zero-order valence-corrected chi connectivity index (χ0v) is 12.7. The van der Waals surface area contributed by atoms with Gasteiger partial charge in [-0.2, -0.15) is 24.4 Å². The Balaban J connectivity index is 0.000000184.